The highest BCUT2D eigenvalue weighted by Crippen LogP contribution is 2.45. The molecule has 1 aromatic carbocycles. The van der Waals surface area contributed by atoms with Gasteiger partial charge in [0.05, 0.1) is 5.41 Å². The van der Waals surface area contributed by atoms with Gasteiger partial charge in [0.15, 0.2) is 6.61 Å². The summed E-state index contributed by atoms with van der Waals surface area (Å²) in [6.45, 7) is 4.31. The number of nitrogens with one attached hydrogen (secondary N) is 1. The predicted molar refractivity (Wildman–Crippen MR) is 83.0 cm³/mol. The molecule has 2 N–H and O–H groups in total. The number of para-hydroxylation sites is 1. The van der Waals surface area contributed by atoms with Gasteiger partial charge in [-0.25, -0.2) is 0 Å². The molecule has 1 amide bonds. The topological polar surface area (TPSA) is 75.6 Å². The van der Waals surface area contributed by atoms with Crippen molar-refractivity contribution in [1.82, 2.24) is 5.32 Å². The summed E-state index contributed by atoms with van der Waals surface area (Å²) in [5.41, 5.74) is 0.339. The van der Waals surface area contributed by atoms with Crippen molar-refractivity contribution in [2.24, 2.45) is 5.41 Å². The van der Waals surface area contributed by atoms with E-state index in [9.17, 15) is 9.59 Å². The monoisotopic (exact) mass is 305 g/mol. The van der Waals surface area contributed by atoms with Gasteiger partial charge in [0, 0.05) is 6.54 Å². The van der Waals surface area contributed by atoms with E-state index in [0.29, 0.717) is 24.5 Å². The molecule has 1 aliphatic rings. The van der Waals surface area contributed by atoms with Crippen molar-refractivity contribution in [2.75, 3.05) is 13.2 Å². The molecule has 1 saturated carbocycles. The van der Waals surface area contributed by atoms with Gasteiger partial charge >= 0.3 is 5.97 Å². The lowest BCUT2D eigenvalue weighted by Gasteiger charge is -2.16. The maximum absolute atomic E-state index is 11.8. The smallest absolute Gasteiger partial charge is 0.311 e. The van der Waals surface area contributed by atoms with E-state index in [4.69, 9.17) is 9.84 Å². The molecule has 0 heterocycles. The summed E-state index contributed by atoms with van der Waals surface area (Å²) in [6.07, 6.45) is 2.24. The lowest BCUT2D eigenvalue weighted by atomic mass is 9.98. The summed E-state index contributed by atoms with van der Waals surface area (Å²) in [5.74, 6) is -0.0466. The van der Waals surface area contributed by atoms with Crippen molar-refractivity contribution in [1.29, 1.82) is 0 Å². The third-order valence-corrected chi connectivity index (χ3v) is 4.35. The number of hydrogen-bond donors (Lipinski definition) is 2. The molecule has 1 aromatic rings. The Morgan fingerprint density at radius 1 is 1.36 bits per heavy atom. The fourth-order valence-corrected chi connectivity index (χ4v) is 2.32. The van der Waals surface area contributed by atoms with E-state index in [1.165, 1.54) is 0 Å². The minimum Gasteiger partial charge on any atom is -0.483 e. The standard InChI is InChI=1S/C17H23NO4/c1-3-12(2)13-6-4-5-7-14(13)22-10-15(19)18-11-17(8-9-17)16(20)21/h4-7,12H,3,8-11H2,1-2H3,(H,18,19)(H,20,21). The van der Waals surface area contributed by atoms with Gasteiger partial charge in [0.25, 0.3) is 5.91 Å². The van der Waals surface area contributed by atoms with E-state index in [1.807, 2.05) is 24.3 Å². The molecule has 0 spiro atoms. The van der Waals surface area contributed by atoms with Gasteiger partial charge in [-0.2, -0.15) is 0 Å². The molecule has 1 atom stereocenters. The second-order valence-corrected chi connectivity index (χ2v) is 6.00. The van der Waals surface area contributed by atoms with E-state index in [0.717, 1.165) is 12.0 Å². The Morgan fingerprint density at radius 2 is 2.05 bits per heavy atom. The third-order valence-electron chi connectivity index (χ3n) is 4.35. The maximum atomic E-state index is 11.8. The molecule has 0 radical (unpaired) electrons. The molecule has 0 aromatic heterocycles. The van der Waals surface area contributed by atoms with Crippen molar-refractivity contribution in [3.05, 3.63) is 29.8 Å². The van der Waals surface area contributed by atoms with Crippen molar-refractivity contribution >= 4 is 11.9 Å². The summed E-state index contributed by atoms with van der Waals surface area (Å²) < 4.78 is 5.61. The number of aliphatic carboxylic acids is 1. The first-order valence-corrected chi connectivity index (χ1v) is 7.70. The molecule has 2 rings (SSSR count). The van der Waals surface area contributed by atoms with Crippen LogP contribution in [0.2, 0.25) is 0 Å². The van der Waals surface area contributed by atoms with Gasteiger partial charge in [-0.15, -0.1) is 0 Å². The van der Waals surface area contributed by atoms with Crippen molar-refractivity contribution in [3.63, 3.8) is 0 Å². The van der Waals surface area contributed by atoms with Gasteiger partial charge in [0.2, 0.25) is 0 Å². The fraction of sp³-hybridized carbons (Fsp3) is 0.529. The van der Waals surface area contributed by atoms with E-state index in [1.54, 1.807) is 0 Å². The van der Waals surface area contributed by atoms with Crippen LogP contribution in [0, 0.1) is 5.41 Å². The highest BCUT2D eigenvalue weighted by molar-refractivity contribution is 5.81. The van der Waals surface area contributed by atoms with Crippen LogP contribution >= 0.6 is 0 Å². The van der Waals surface area contributed by atoms with Crippen LogP contribution < -0.4 is 10.1 Å². The molecule has 1 aliphatic carbocycles. The Hall–Kier alpha value is -2.04. The average molecular weight is 305 g/mol. The summed E-state index contributed by atoms with van der Waals surface area (Å²) in [4.78, 5) is 22.9. The lowest BCUT2D eigenvalue weighted by molar-refractivity contribution is -0.143. The quantitative estimate of drug-likeness (QED) is 0.774. The minimum atomic E-state index is -0.837. The first-order valence-electron chi connectivity index (χ1n) is 7.70. The number of rotatable bonds is 8. The van der Waals surface area contributed by atoms with E-state index >= 15 is 0 Å². The largest absolute Gasteiger partial charge is 0.483 e. The van der Waals surface area contributed by atoms with Gasteiger partial charge in [-0.05, 0) is 36.8 Å². The molecular formula is C17H23NO4. The van der Waals surface area contributed by atoms with Crippen LogP contribution in [0.4, 0.5) is 0 Å². The van der Waals surface area contributed by atoms with Crippen LogP contribution in [0.3, 0.4) is 0 Å². The number of ether oxygens (including phenoxy) is 1. The number of carboxylic acids is 1. The SMILES string of the molecule is CCC(C)c1ccccc1OCC(=O)NCC1(C(=O)O)CC1. The normalized spacial score (nSPS) is 16.6. The number of hydrogen-bond acceptors (Lipinski definition) is 3. The lowest BCUT2D eigenvalue weighted by Crippen LogP contribution is -2.36. The summed E-state index contributed by atoms with van der Waals surface area (Å²) in [6, 6.07) is 7.69. The van der Waals surface area contributed by atoms with Crippen LogP contribution in [0.1, 0.15) is 44.6 Å². The maximum Gasteiger partial charge on any atom is 0.311 e. The highest BCUT2D eigenvalue weighted by Gasteiger charge is 2.50. The Labute approximate surface area is 130 Å². The van der Waals surface area contributed by atoms with Crippen LogP contribution in [0.5, 0.6) is 5.75 Å². The molecule has 0 saturated heterocycles. The molecule has 120 valence electrons. The van der Waals surface area contributed by atoms with E-state index in [-0.39, 0.29) is 19.1 Å². The van der Waals surface area contributed by atoms with Gasteiger partial charge < -0.3 is 15.2 Å². The number of amides is 1. The number of carboxylic acid groups (broad SMARTS) is 1. The molecule has 5 heteroatoms. The van der Waals surface area contributed by atoms with Gasteiger partial charge in [0.1, 0.15) is 5.75 Å². The molecule has 1 unspecified atom stereocenters. The molecule has 0 bridgehead atoms. The van der Waals surface area contributed by atoms with Crippen molar-refractivity contribution in [2.45, 2.75) is 39.0 Å². The van der Waals surface area contributed by atoms with Crippen molar-refractivity contribution < 1.29 is 19.4 Å². The van der Waals surface area contributed by atoms with Gasteiger partial charge in [-0.3, -0.25) is 9.59 Å². The Bertz CT molecular complexity index is 551. The van der Waals surface area contributed by atoms with Crippen LogP contribution in [-0.2, 0) is 9.59 Å². The first-order chi connectivity index (χ1) is 10.5. The average Bonchev–Trinajstić information content (AvgIpc) is 3.32. The second kappa shape index (κ2) is 6.81. The Morgan fingerprint density at radius 3 is 2.64 bits per heavy atom. The highest BCUT2D eigenvalue weighted by atomic mass is 16.5. The first kappa shape index (κ1) is 16.3. The zero-order valence-corrected chi connectivity index (χ0v) is 13.1. The number of carbonyl (C=O) groups is 2. The third kappa shape index (κ3) is 3.78. The van der Waals surface area contributed by atoms with Crippen molar-refractivity contribution in [3.8, 4) is 5.75 Å². The molecule has 22 heavy (non-hydrogen) atoms. The van der Waals surface area contributed by atoms with Gasteiger partial charge in [-0.1, -0.05) is 32.0 Å². The molecule has 0 aliphatic heterocycles. The predicted octanol–water partition coefficient (Wildman–Crippen LogP) is 2.56. The molecule has 1 fully saturated rings. The Kier molecular flexibility index (Phi) is 5.06. The van der Waals surface area contributed by atoms with E-state index in [2.05, 4.69) is 19.2 Å². The number of benzene rings is 1. The Balaban J connectivity index is 1.85. The number of carbonyl (C=O) groups excluding carboxylic acids is 1. The molecular weight excluding hydrogens is 282 g/mol. The minimum absolute atomic E-state index is 0.0941. The fourth-order valence-electron chi connectivity index (χ4n) is 2.32. The second-order valence-electron chi connectivity index (χ2n) is 6.00. The summed E-state index contributed by atoms with van der Waals surface area (Å²) in [7, 11) is 0. The zero-order chi connectivity index (χ0) is 16.2. The van der Waals surface area contributed by atoms with Crippen LogP contribution in [-0.4, -0.2) is 30.1 Å². The zero-order valence-electron chi connectivity index (χ0n) is 13.1. The summed E-state index contributed by atoms with van der Waals surface area (Å²) in [5, 5.41) is 11.7. The van der Waals surface area contributed by atoms with E-state index < -0.39 is 11.4 Å². The van der Waals surface area contributed by atoms with Crippen LogP contribution in [0.25, 0.3) is 0 Å². The van der Waals surface area contributed by atoms with Crippen LogP contribution in [0.15, 0.2) is 24.3 Å². The summed E-state index contributed by atoms with van der Waals surface area (Å²) >= 11 is 0. The molecule has 5 nitrogen and oxygen atoms in total.